The molecule has 0 N–H and O–H groups in total. The van der Waals surface area contributed by atoms with Gasteiger partial charge in [0.1, 0.15) is 0 Å². The summed E-state index contributed by atoms with van der Waals surface area (Å²) in [5.74, 6) is -0.229. The number of rotatable bonds is 6. The van der Waals surface area contributed by atoms with Crippen LogP contribution in [0.2, 0.25) is 0 Å². The van der Waals surface area contributed by atoms with E-state index in [1.54, 1.807) is 0 Å². The minimum Gasteiger partial charge on any atom is -0.466 e. The van der Waals surface area contributed by atoms with Crippen molar-refractivity contribution in [3.8, 4) is 0 Å². The van der Waals surface area contributed by atoms with Gasteiger partial charge in [0.05, 0.1) is 25.2 Å². The summed E-state index contributed by atoms with van der Waals surface area (Å²) >= 11 is 0. The maximum absolute atomic E-state index is 12.1. The number of carbonyl (C=O) groups is 1. The maximum Gasteiger partial charge on any atom is 0.407 e. The minimum atomic E-state index is -2.95. The molecular formula is C22H26O4Si. The first kappa shape index (κ1) is 19.5. The lowest BCUT2D eigenvalue weighted by molar-refractivity contribution is -0.146. The molecule has 1 fully saturated rings. The molecule has 1 saturated heterocycles. The molecule has 0 unspecified atom stereocenters. The Kier molecular flexibility index (Phi) is 6.61. The fourth-order valence-electron chi connectivity index (χ4n) is 3.45. The Morgan fingerprint density at radius 1 is 1.07 bits per heavy atom. The van der Waals surface area contributed by atoms with Crippen LogP contribution in [0.1, 0.15) is 26.7 Å². The van der Waals surface area contributed by atoms with Crippen LogP contribution < -0.4 is 10.4 Å². The number of allylic oxidation sites excluding steroid dienone is 1. The monoisotopic (exact) mass is 382 g/mol. The van der Waals surface area contributed by atoms with E-state index in [1.165, 1.54) is 0 Å². The highest BCUT2D eigenvalue weighted by Crippen LogP contribution is 2.27. The zero-order valence-electron chi connectivity index (χ0n) is 15.8. The summed E-state index contributed by atoms with van der Waals surface area (Å²) in [6.07, 6.45) is 4.57. The standard InChI is InChI=1S/C22H26O4Si/c1-3-11-18-16-19(17-22(23)24-4-2)26-27(25-18,20-12-7-5-8-13-20)21-14-9-6-10-15-21/h3,5-15,18-19H,4,16-17H2,1-2H3/b11-3+/t18-,19+/m1/s1. The van der Waals surface area contributed by atoms with Crippen molar-refractivity contribution in [2.45, 2.75) is 38.9 Å². The molecule has 0 saturated carbocycles. The number of hydrogen-bond acceptors (Lipinski definition) is 4. The zero-order valence-corrected chi connectivity index (χ0v) is 16.8. The molecule has 0 aromatic heterocycles. The van der Waals surface area contributed by atoms with Gasteiger partial charge in [-0.2, -0.15) is 0 Å². The minimum absolute atomic E-state index is 0.102. The number of esters is 1. The smallest absolute Gasteiger partial charge is 0.407 e. The molecule has 27 heavy (non-hydrogen) atoms. The summed E-state index contributed by atoms with van der Waals surface area (Å²) in [6, 6.07) is 20.2. The Bertz CT molecular complexity index is 721. The molecule has 5 heteroatoms. The highest BCUT2D eigenvalue weighted by atomic mass is 28.4. The van der Waals surface area contributed by atoms with Crippen molar-refractivity contribution < 1.29 is 18.4 Å². The highest BCUT2D eigenvalue weighted by molar-refractivity contribution is 6.92. The van der Waals surface area contributed by atoms with Crippen molar-refractivity contribution in [1.82, 2.24) is 0 Å². The average molecular weight is 383 g/mol. The molecule has 0 aliphatic carbocycles. The van der Waals surface area contributed by atoms with Crippen LogP contribution in [0.5, 0.6) is 0 Å². The van der Waals surface area contributed by atoms with E-state index in [4.69, 9.17) is 13.6 Å². The van der Waals surface area contributed by atoms with E-state index < -0.39 is 8.56 Å². The summed E-state index contributed by atoms with van der Waals surface area (Å²) < 4.78 is 18.4. The molecule has 1 heterocycles. The Labute approximate surface area is 162 Å². The molecule has 1 aliphatic rings. The van der Waals surface area contributed by atoms with Crippen molar-refractivity contribution in [2.24, 2.45) is 0 Å². The van der Waals surface area contributed by atoms with Gasteiger partial charge in [0.25, 0.3) is 0 Å². The van der Waals surface area contributed by atoms with Crippen molar-refractivity contribution >= 4 is 24.9 Å². The predicted octanol–water partition coefficient (Wildman–Crippen LogP) is 2.95. The summed E-state index contributed by atoms with van der Waals surface area (Å²) in [6.45, 7) is 4.17. The molecular weight excluding hydrogens is 356 g/mol. The van der Waals surface area contributed by atoms with Gasteiger partial charge in [-0.1, -0.05) is 72.8 Å². The Hall–Kier alpha value is -2.21. The fraction of sp³-hybridized carbons (Fsp3) is 0.318. The molecule has 2 aromatic carbocycles. The van der Waals surface area contributed by atoms with Gasteiger partial charge in [-0.15, -0.1) is 0 Å². The average Bonchev–Trinajstić information content (AvgIpc) is 2.69. The molecule has 0 radical (unpaired) electrons. The normalized spacial score (nSPS) is 21.9. The zero-order chi connectivity index (χ0) is 19.1. The van der Waals surface area contributed by atoms with Gasteiger partial charge < -0.3 is 13.6 Å². The van der Waals surface area contributed by atoms with Crippen LogP contribution in [0.15, 0.2) is 72.8 Å². The van der Waals surface area contributed by atoms with Gasteiger partial charge in [-0.25, -0.2) is 0 Å². The summed E-state index contributed by atoms with van der Waals surface area (Å²) in [5, 5.41) is 2.08. The van der Waals surface area contributed by atoms with Crippen molar-refractivity contribution in [2.75, 3.05) is 6.61 Å². The molecule has 2 atom stereocenters. The van der Waals surface area contributed by atoms with E-state index >= 15 is 0 Å². The lowest BCUT2D eigenvalue weighted by Gasteiger charge is -2.42. The van der Waals surface area contributed by atoms with E-state index in [0.717, 1.165) is 10.4 Å². The SMILES string of the molecule is C/C=C/[C@@H]1C[C@@H](CC(=O)OCC)O[Si](c2ccccc2)(c2ccccc2)O1. The van der Waals surface area contributed by atoms with Crippen LogP contribution in [-0.2, 0) is 18.4 Å². The molecule has 142 valence electrons. The van der Waals surface area contributed by atoms with Crippen LogP contribution in [-0.4, -0.2) is 33.3 Å². The number of benzene rings is 2. The Morgan fingerprint density at radius 2 is 1.67 bits per heavy atom. The summed E-state index contributed by atoms with van der Waals surface area (Å²) in [4.78, 5) is 12.1. The van der Waals surface area contributed by atoms with E-state index in [9.17, 15) is 4.79 Å². The summed E-state index contributed by atoms with van der Waals surface area (Å²) in [5.41, 5.74) is 0. The van der Waals surface area contributed by atoms with Gasteiger partial charge in [-0.3, -0.25) is 4.79 Å². The van der Waals surface area contributed by atoms with Crippen LogP contribution in [0.25, 0.3) is 0 Å². The Morgan fingerprint density at radius 3 is 2.19 bits per heavy atom. The van der Waals surface area contributed by atoms with Gasteiger partial charge in [-0.05, 0) is 24.2 Å². The van der Waals surface area contributed by atoms with E-state index in [-0.39, 0.29) is 24.6 Å². The second-order valence-corrected chi connectivity index (χ2v) is 9.37. The quantitative estimate of drug-likeness (QED) is 0.438. The first-order valence-corrected chi connectivity index (χ1v) is 11.2. The molecule has 0 spiro atoms. The van der Waals surface area contributed by atoms with E-state index in [0.29, 0.717) is 13.0 Å². The number of ether oxygens (including phenoxy) is 1. The third-order valence-corrected chi connectivity index (χ3v) is 8.05. The van der Waals surface area contributed by atoms with Crippen LogP contribution in [0.4, 0.5) is 0 Å². The Balaban J connectivity index is 2.03. The third-order valence-electron chi connectivity index (χ3n) is 4.56. The first-order valence-electron chi connectivity index (χ1n) is 9.43. The van der Waals surface area contributed by atoms with E-state index in [1.807, 2.05) is 62.4 Å². The maximum atomic E-state index is 12.1. The molecule has 0 amide bonds. The topological polar surface area (TPSA) is 44.8 Å². The number of carbonyl (C=O) groups excluding carboxylic acids is 1. The molecule has 1 aliphatic heterocycles. The number of hydrogen-bond donors (Lipinski definition) is 0. The first-order chi connectivity index (χ1) is 13.2. The van der Waals surface area contributed by atoms with Crippen LogP contribution >= 0.6 is 0 Å². The molecule has 3 rings (SSSR count). The summed E-state index contributed by atoms with van der Waals surface area (Å²) in [7, 11) is -2.95. The van der Waals surface area contributed by atoms with Gasteiger partial charge in [0, 0.05) is 6.42 Å². The van der Waals surface area contributed by atoms with Crippen molar-refractivity contribution in [3.05, 3.63) is 72.8 Å². The van der Waals surface area contributed by atoms with Gasteiger partial charge in [0.2, 0.25) is 0 Å². The van der Waals surface area contributed by atoms with Crippen molar-refractivity contribution in [1.29, 1.82) is 0 Å². The lowest BCUT2D eigenvalue weighted by atomic mass is 10.1. The molecule has 4 nitrogen and oxygen atoms in total. The van der Waals surface area contributed by atoms with Gasteiger partial charge in [0.15, 0.2) is 0 Å². The van der Waals surface area contributed by atoms with Crippen LogP contribution in [0, 0.1) is 0 Å². The fourth-order valence-corrected chi connectivity index (χ4v) is 6.89. The van der Waals surface area contributed by atoms with Crippen molar-refractivity contribution in [3.63, 3.8) is 0 Å². The highest BCUT2D eigenvalue weighted by Gasteiger charge is 2.50. The molecule has 2 aromatic rings. The largest absolute Gasteiger partial charge is 0.466 e. The van der Waals surface area contributed by atoms with Crippen LogP contribution in [0.3, 0.4) is 0 Å². The third kappa shape index (κ3) is 4.56. The second kappa shape index (κ2) is 9.13. The van der Waals surface area contributed by atoms with Gasteiger partial charge >= 0.3 is 14.5 Å². The van der Waals surface area contributed by atoms with E-state index in [2.05, 4.69) is 24.3 Å². The molecule has 0 bridgehead atoms. The second-order valence-electron chi connectivity index (χ2n) is 6.52. The predicted molar refractivity (Wildman–Crippen MR) is 108 cm³/mol. The lowest BCUT2D eigenvalue weighted by Crippen LogP contribution is -2.68.